The van der Waals surface area contributed by atoms with Gasteiger partial charge in [-0.05, 0) is 65.2 Å². The largest absolute Gasteiger partial charge is 0.444 e. The SMILES string of the molecule is CC1CC(NCc2ccc(NC(=O)OC(C)(C)C)cc2)CC(C)O1. The second-order valence-corrected chi connectivity index (χ2v) is 7.63. The van der Waals surface area contributed by atoms with Crippen LogP contribution < -0.4 is 10.6 Å². The third kappa shape index (κ3) is 6.49. The highest BCUT2D eigenvalue weighted by Gasteiger charge is 2.23. The first-order chi connectivity index (χ1) is 11.2. The van der Waals surface area contributed by atoms with E-state index in [0.717, 1.165) is 25.1 Å². The maximum Gasteiger partial charge on any atom is 0.412 e. The second kappa shape index (κ2) is 7.99. The molecule has 5 nitrogen and oxygen atoms in total. The standard InChI is InChI=1S/C19H30N2O3/c1-13-10-17(11-14(2)23-13)20-12-15-6-8-16(9-7-15)21-18(22)24-19(3,4)5/h6-9,13-14,17,20H,10-12H2,1-5H3,(H,21,22). The van der Waals surface area contributed by atoms with Crippen molar-refractivity contribution in [3.63, 3.8) is 0 Å². The van der Waals surface area contributed by atoms with Gasteiger partial charge in [-0.1, -0.05) is 12.1 Å². The predicted molar refractivity (Wildman–Crippen MR) is 96.2 cm³/mol. The van der Waals surface area contributed by atoms with Crippen LogP contribution in [-0.2, 0) is 16.0 Å². The van der Waals surface area contributed by atoms with Gasteiger partial charge in [0.1, 0.15) is 5.60 Å². The molecule has 1 aliphatic heterocycles. The molecule has 1 fully saturated rings. The molecule has 2 rings (SSSR count). The molecular weight excluding hydrogens is 304 g/mol. The Balaban J connectivity index is 1.80. The van der Waals surface area contributed by atoms with Crippen LogP contribution in [0.4, 0.5) is 10.5 Å². The van der Waals surface area contributed by atoms with E-state index in [9.17, 15) is 4.79 Å². The van der Waals surface area contributed by atoms with Gasteiger partial charge >= 0.3 is 6.09 Å². The van der Waals surface area contributed by atoms with Gasteiger partial charge in [-0.3, -0.25) is 5.32 Å². The van der Waals surface area contributed by atoms with Gasteiger partial charge in [-0.2, -0.15) is 0 Å². The number of carbonyl (C=O) groups is 1. The molecule has 24 heavy (non-hydrogen) atoms. The Hall–Kier alpha value is -1.59. The van der Waals surface area contributed by atoms with E-state index in [1.165, 1.54) is 5.56 Å². The molecule has 2 atom stereocenters. The van der Waals surface area contributed by atoms with Crippen molar-refractivity contribution in [3.8, 4) is 0 Å². The van der Waals surface area contributed by atoms with Crippen LogP contribution in [0.1, 0.15) is 53.0 Å². The Labute approximate surface area is 145 Å². The van der Waals surface area contributed by atoms with Gasteiger partial charge in [0.05, 0.1) is 12.2 Å². The summed E-state index contributed by atoms with van der Waals surface area (Å²) in [7, 11) is 0. The minimum absolute atomic E-state index is 0.312. The molecular formula is C19H30N2O3. The van der Waals surface area contributed by atoms with Crippen LogP contribution in [0.3, 0.4) is 0 Å². The number of hydrogen-bond donors (Lipinski definition) is 2. The molecule has 134 valence electrons. The van der Waals surface area contributed by atoms with Crippen LogP contribution >= 0.6 is 0 Å². The van der Waals surface area contributed by atoms with Gasteiger partial charge in [0.25, 0.3) is 0 Å². The number of amides is 1. The van der Waals surface area contributed by atoms with Crippen molar-refractivity contribution in [2.45, 2.75) is 77.9 Å². The zero-order valence-corrected chi connectivity index (χ0v) is 15.4. The van der Waals surface area contributed by atoms with Crippen LogP contribution in [0, 0.1) is 0 Å². The van der Waals surface area contributed by atoms with Gasteiger partial charge in [-0.25, -0.2) is 4.79 Å². The molecule has 0 bridgehead atoms. The molecule has 0 radical (unpaired) electrons. The van der Waals surface area contributed by atoms with Crippen LogP contribution in [0.5, 0.6) is 0 Å². The van der Waals surface area contributed by atoms with E-state index >= 15 is 0 Å². The van der Waals surface area contributed by atoms with Crippen LogP contribution in [-0.4, -0.2) is 29.9 Å². The highest BCUT2D eigenvalue weighted by atomic mass is 16.6. The van der Waals surface area contributed by atoms with Gasteiger partial charge in [-0.15, -0.1) is 0 Å². The number of carbonyl (C=O) groups excluding carboxylic acids is 1. The molecule has 0 aromatic heterocycles. The number of hydrogen-bond acceptors (Lipinski definition) is 4. The summed E-state index contributed by atoms with van der Waals surface area (Å²) in [6.07, 6.45) is 2.28. The Bertz CT molecular complexity index is 527. The quantitative estimate of drug-likeness (QED) is 0.871. The number of ether oxygens (including phenoxy) is 2. The minimum Gasteiger partial charge on any atom is -0.444 e. The number of rotatable bonds is 4. The smallest absolute Gasteiger partial charge is 0.412 e. The molecule has 1 amide bonds. The summed E-state index contributed by atoms with van der Waals surface area (Å²) in [4.78, 5) is 11.7. The van der Waals surface area contributed by atoms with Crippen molar-refractivity contribution < 1.29 is 14.3 Å². The molecule has 0 spiro atoms. The van der Waals surface area contributed by atoms with Crippen molar-refractivity contribution in [2.24, 2.45) is 0 Å². The maximum atomic E-state index is 11.7. The lowest BCUT2D eigenvalue weighted by Crippen LogP contribution is -2.40. The average Bonchev–Trinajstić information content (AvgIpc) is 2.43. The van der Waals surface area contributed by atoms with Crippen molar-refractivity contribution in [3.05, 3.63) is 29.8 Å². The van der Waals surface area contributed by atoms with Crippen molar-refractivity contribution >= 4 is 11.8 Å². The molecule has 1 heterocycles. The summed E-state index contributed by atoms with van der Waals surface area (Å²) >= 11 is 0. The van der Waals surface area contributed by atoms with E-state index < -0.39 is 11.7 Å². The Morgan fingerprint density at radius 3 is 2.29 bits per heavy atom. The van der Waals surface area contributed by atoms with Gasteiger partial charge < -0.3 is 14.8 Å². The monoisotopic (exact) mass is 334 g/mol. The van der Waals surface area contributed by atoms with Gasteiger partial charge in [0.15, 0.2) is 0 Å². The summed E-state index contributed by atoms with van der Waals surface area (Å²) in [6.45, 7) is 10.6. The van der Waals surface area contributed by atoms with Crippen LogP contribution in [0.15, 0.2) is 24.3 Å². The van der Waals surface area contributed by atoms with Gasteiger partial charge in [0, 0.05) is 18.3 Å². The zero-order valence-electron chi connectivity index (χ0n) is 15.4. The molecule has 1 saturated heterocycles. The molecule has 1 aromatic carbocycles. The molecule has 1 aromatic rings. The number of nitrogens with one attached hydrogen (secondary N) is 2. The molecule has 1 aliphatic rings. The van der Waals surface area contributed by atoms with E-state index in [0.29, 0.717) is 18.2 Å². The van der Waals surface area contributed by atoms with Crippen molar-refractivity contribution in [2.75, 3.05) is 5.32 Å². The fourth-order valence-corrected chi connectivity index (χ4v) is 2.96. The fourth-order valence-electron chi connectivity index (χ4n) is 2.96. The van der Waals surface area contributed by atoms with E-state index in [1.54, 1.807) is 0 Å². The summed E-state index contributed by atoms with van der Waals surface area (Å²) < 4.78 is 11.0. The first-order valence-corrected chi connectivity index (χ1v) is 8.69. The normalized spacial score (nSPS) is 24.5. The van der Waals surface area contributed by atoms with E-state index in [4.69, 9.17) is 9.47 Å². The third-order valence-electron chi connectivity index (χ3n) is 3.89. The van der Waals surface area contributed by atoms with Crippen LogP contribution in [0.2, 0.25) is 0 Å². The molecule has 5 heteroatoms. The van der Waals surface area contributed by atoms with E-state index in [2.05, 4.69) is 24.5 Å². The highest BCUT2D eigenvalue weighted by Crippen LogP contribution is 2.19. The maximum absolute atomic E-state index is 11.7. The topological polar surface area (TPSA) is 59.6 Å². The summed E-state index contributed by atoms with van der Waals surface area (Å²) in [6, 6.07) is 8.33. The highest BCUT2D eigenvalue weighted by molar-refractivity contribution is 5.84. The second-order valence-electron chi connectivity index (χ2n) is 7.63. The summed E-state index contributed by atoms with van der Waals surface area (Å²) in [5.41, 5.74) is 1.43. The molecule has 0 aliphatic carbocycles. The lowest BCUT2D eigenvalue weighted by Gasteiger charge is -2.32. The number of anilines is 1. The third-order valence-corrected chi connectivity index (χ3v) is 3.89. The molecule has 0 saturated carbocycles. The zero-order chi connectivity index (χ0) is 17.7. The Kier molecular flexibility index (Phi) is 6.24. The van der Waals surface area contributed by atoms with E-state index in [1.807, 2.05) is 45.0 Å². The molecule has 2 unspecified atom stereocenters. The molecule has 2 N–H and O–H groups in total. The fraction of sp³-hybridized carbons (Fsp3) is 0.632. The Morgan fingerprint density at radius 2 is 1.75 bits per heavy atom. The van der Waals surface area contributed by atoms with E-state index in [-0.39, 0.29) is 0 Å². The minimum atomic E-state index is -0.494. The predicted octanol–water partition coefficient (Wildman–Crippen LogP) is 4.08. The Morgan fingerprint density at radius 1 is 1.17 bits per heavy atom. The van der Waals surface area contributed by atoms with Crippen molar-refractivity contribution in [1.82, 2.24) is 5.32 Å². The first kappa shape index (κ1) is 18.7. The van der Waals surface area contributed by atoms with Crippen LogP contribution in [0.25, 0.3) is 0 Å². The summed E-state index contributed by atoms with van der Waals surface area (Å²) in [5, 5.41) is 6.34. The number of benzene rings is 1. The summed E-state index contributed by atoms with van der Waals surface area (Å²) in [5.74, 6) is 0. The van der Waals surface area contributed by atoms with Gasteiger partial charge in [0.2, 0.25) is 0 Å². The lowest BCUT2D eigenvalue weighted by atomic mass is 9.99. The first-order valence-electron chi connectivity index (χ1n) is 8.69. The van der Waals surface area contributed by atoms with Crippen molar-refractivity contribution in [1.29, 1.82) is 0 Å². The lowest BCUT2D eigenvalue weighted by molar-refractivity contribution is -0.0422. The average molecular weight is 334 g/mol.